The molecule has 17 heavy (non-hydrogen) atoms. The molecule has 0 atom stereocenters. The molecule has 1 aromatic carbocycles. The topological polar surface area (TPSA) is 53.1 Å². The van der Waals surface area contributed by atoms with Crippen LogP contribution in [0, 0.1) is 5.41 Å². The number of nitrogens with two attached hydrogens (primary N) is 1. The van der Waals surface area contributed by atoms with Crippen LogP contribution >= 0.6 is 15.9 Å². The van der Waals surface area contributed by atoms with Gasteiger partial charge in [0, 0.05) is 28.8 Å². The lowest BCUT2D eigenvalue weighted by molar-refractivity contribution is 0.726. The summed E-state index contributed by atoms with van der Waals surface area (Å²) in [6.07, 6.45) is 5.21. The molecule has 0 saturated carbocycles. The molecule has 0 aliphatic carbocycles. The number of rotatable bonds is 2. The Kier molecular flexibility index (Phi) is 4.05. The Hall–Kier alpha value is -1.03. The molecule has 1 fully saturated rings. The zero-order valence-corrected chi connectivity index (χ0v) is 11.5. The van der Waals surface area contributed by atoms with Crippen molar-refractivity contribution < 1.29 is 0 Å². The van der Waals surface area contributed by atoms with Crippen molar-refractivity contribution in [2.45, 2.75) is 25.7 Å². The van der Waals surface area contributed by atoms with Crippen LogP contribution in [0.3, 0.4) is 0 Å². The lowest BCUT2D eigenvalue weighted by Crippen LogP contribution is -2.24. The SMILES string of the molecule is N=C(N)c1ccc(N2CCCCCC2)cc1Br. The highest BCUT2D eigenvalue weighted by molar-refractivity contribution is 9.10. The van der Waals surface area contributed by atoms with Crippen LogP contribution in [-0.4, -0.2) is 18.9 Å². The third-order valence-electron chi connectivity index (χ3n) is 3.21. The molecule has 2 rings (SSSR count). The van der Waals surface area contributed by atoms with E-state index >= 15 is 0 Å². The van der Waals surface area contributed by atoms with E-state index in [1.54, 1.807) is 0 Å². The van der Waals surface area contributed by atoms with Crippen LogP contribution in [0.2, 0.25) is 0 Å². The molecule has 1 aliphatic rings. The Morgan fingerprint density at radius 3 is 2.35 bits per heavy atom. The molecule has 0 amide bonds. The molecular weight excluding hydrogens is 278 g/mol. The standard InChI is InChI=1S/C13H18BrN3/c14-12-9-10(5-6-11(12)13(15)16)17-7-3-1-2-4-8-17/h5-6,9H,1-4,7-8H2,(H3,15,16). The minimum absolute atomic E-state index is 0.110. The maximum absolute atomic E-state index is 7.46. The molecule has 3 N–H and O–H groups in total. The van der Waals surface area contributed by atoms with Gasteiger partial charge in [-0.3, -0.25) is 5.41 Å². The molecule has 0 radical (unpaired) electrons. The molecule has 0 unspecified atom stereocenters. The summed E-state index contributed by atoms with van der Waals surface area (Å²) in [6.45, 7) is 2.26. The number of halogens is 1. The van der Waals surface area contributed by atoms with Crippen molar-refractivity contribution in [1.29, 1.82) is 5.41 Å². The molecule has 0 spiro atoms. The van der Waals surface area contributed by atoms with Crippen molar-refractivity contribution >= 4 is 27.5 Å². The first kappa shape index (κ1) is 12.4. The summed E-state index contributed by atoms with van der Waals surface area (Å²) in [5.41, 5.74) is 7.50. The van der Waals surface area contributed by atoms with Gasteiger partial charge in [-0.05, 0) is 47.0 Å². The third kappa shape index (κ3) is 3.00. The summed E-state index contributed by atoms with van der Waals surface area (Å²) in [5, 5.41) is 7.46. The molecule has 1 saturated heterocycles. The second-order valence-electron chi connectivity index (χ2n) is 4.48. The predicted molar refractivity (Wildman–Crippen MR) is 75.8 cm³/mol. The zero-order chi connectivity index (χ0) is 12.3. The van der Waals surface area contributed by atoms with Gasteiger partial charge in [0.1, 0.15) is 5.84 Å². The largest absolute Gasteiger partial charge is 0.384 e. The number of anilines is 1. The van der Waals surface area contributed by atoms with Crippen molar-refractivity contribution in [3.05, 3.63) is 28.2 Å². The monoisotopic (exact) mass is 295 g/mol. The molecule has 4 heteroatoms. The Bertz CT molecular complexity index is 409. The molecule has 1 aromatic rings. The smallest absolute Gasteiger partial charge is 0.123 e. The van der Waals surface area contributed by atoms with E-state index in [1.807, 2.05) is 6.07 Å². The second-order valence-corrected chi connectivity index (χ2v) is 5.33. The quantitative estimate of drug-likeness (QED) is 0.651. The van der Waals surface area contributed by atoms with Gasteiger partial charge >= 0.3 is 0 Å². The highest BCUT2D eigenvalue weighted by Gasteiger charge is 2.11. The van der Waals surface area contributed by atoms with E-state index in [1.165, 1.54) is 31.4 Å². The second kappa shape index (κ2) is 5.54. The number of amidine groups is 1. The molecule has 0 bridgehead atoms. The first-order valence-electron chi connectivity index (χ1n) is 6.07. The maximum Gasteiger partial charge on any atom is 0.123 e. The first-order chi connectivity index (χ1) is 8.18. The highest BCUT2D eigenvalue weighted by Crippen LogP contribution is 2.25. The number of benzene rings is 1. The van der Waals surface area contributed by atoms with Crippen LogP contribution < -0.4 is 10.6 Å². The van der Waals surface area contributed by atoms with Crippen molar-refractivity contribution in [2.24, 2.45) is 5.73 Å². The minimum Gasteiger partial charge on any atom is -0.384 e. The van der Waals surface area contributed by atoms with Crippen LogP contribution in [-0.2, 0) is 0 Å². The van der Waals surface area contributed by atoms with Gasteiger partial charge in [0.15, 0.2) is 0 Å². The molecular formula is C13H18BrN3. The van der Waals surface area contributed by atoms with Gasteiger partial charge in [0.2, 0.25) is 0 Å². The predicted octanol–water partition coefficient (Wildman–Crippen LogP) is 3.11. The Morgan fingerprint density at radius 2 is 1.82 bits per heavy atom. The van der Waals surface area contributed by atoms with Crippen molar-refractivity contribution in [2.75, 3.05) is 18.0 Å². The lowest BCUT2D eigenvalue weighted by Gasteiger charge is -2.23. The van der Waals surface area contributed by atoms with Crippen LogP contribution in [0.4, 0.5) is 5.69 Å². The van der Waals surface area contributed by atoms with Crippen LogP contribution in [0.1, 0.15) is 31.2 Å². The number of nitrogen functional groups attached to an aromatic ring is 1. The third-order valence-corrected chi connectivity index (χ3v) is 3.87. The Morgan fingerprint density at radius 1 is 1.18 bits per heavy atom. The van der Waals surface area contributed by atoms with E-state index in [0.717, 1.165) is 23.1 Å². The van der Waals surface area contributed by atoms with Gasteiger partial charge < -0.3 is 10.6 Å². The van der Waals surface area contributed by atoms with Gasteiger partial charge in [0.25, 0.3) is 0 Å². The summed E-state index contributed by atoms with van der Waals surface area (Å²) in [7, 11) is 0. The minimum atomic E-state index is 0.110. The van der Waals surface area contributed by atoms with Crippen molar-refractivity contribution in [3.63, 3.8) is 0 Å². The van der Waals surface area contributed by atoms with Crippen molar-refractivity contribution in [1.82, 2.24) is 0 Å². The van der Waals surface area contributed by atoms with E-state index in [9.17, 15) is 0 Å². The number of nitrogens with zero attached hydrogens (tertiary/aromatic N) is 1. The van der Waals surface area contributed by atoms with Gasteiger partial charge in [-0.2, -0.15) is 0 Å². The van der Waals surface area contributed by atoms with Crippen LogP contribution in [0.15, 0.2) is 22.7 Å². The van der Waals surface area contributed by atoms with E-state index in [0.29, 0.717) is 0 Å². The first-order valence-corrected chi connectivity index (χ1v) is 6.86. The molecule has 3 nitrogen and oxygen atoms in total. The summed E-state index contributed by atoms with van der Waals surface area (Å²) in [6, 6.07) is 6.06. The number of nitrogens with one attached hydrogen (secondary N) is 1. The molecule has 0 aromatic heterocycles. The number of hydrogen-bond acceptors (Lipinski definition) is 2. The molecule has 92 valence electrons. The lowest BCUT2D eigenvalue weighted by atomic mass is 10.1. The number of hydrogen-bond donors (Lipinski definition) is 2. The maximum atomic E-state index is 7.46. The van der Waals surface area contributed by atoms with Gasteiger partial charge in [-0.15, -0.1) is 0 Å². The van der Waals surface area contributed by atoms with E-state index < -0.39 is 0 Å². The Labute approximate surface area is 111 Å². The summed E-state index contributed by atoms with van der Waals surface area (Å²) >= 11 is 3.49. The van der Waals surface area contributed by atoms with E-state index in [-0.39, 0.29) is 5.84 Å². The average molecular weight is 296 g/mol. The van der Waals surface area contributed by atoms with Gasteiger partial charge in [0.05, 0.1) is 0 Å². The fourth-order valence-corrected chi connectivity index (χ4v) is 2.83. The van der Waals surface area contributed by atoms with Gasteiger partial charge in [-0.25, -0.2) is 0 Å². The Balaban J connectivity index is 2.21. The summed E-state index contributed by atoms with van der Waals surface area (Å²) in [4.78, 5) is 2.42. The van der Waals surface area contributed by atoms with Gasteiger partial charge in [-0.1, -0.05) is 12.8 Å². The zero-order valence-electron chi connectivity index (χ0n) is 9.88. The normalized spacial score (nSPS) is 16.6. The summed E-state index contributed by atoms with van der Waals surface area (Å²) < 4.78 is 0.909. The fraction of sp³-hybridized carbons (Fsp3) is 0.462. The van der Waals surface area contributed by atoms with E-state index in [4.69, 9.17) is 11.1 Å². The van der Waals surface area contributed by atoms with Crippen molar-refractivity contribution in [3.8, 4) is 0 Å². The molecule has 1 heterocycles. The van der Waals surface area contributed by atoms with E-state index in [2.05, 4.69) is 33.0 Å². The molecule has 1 aliphatic heterocycles. The highest BCUT2D eigenvalue weighted by atomic mass is 79.9. The average Bonchev–Trinajstić information content (AvgIpc) is 2.56. The van der Waals surface area contributed by atoms with Crippen LogP contribution in [0.5, 0.6) is 0 Å². The summed E-state index contributed by atoms with van der Waals surface area (Å²) in [5.74, 6) is 0.110. The fourth-order valence-electron chi connectivity index (χ4n) is 2.25. The van der Waals surface area contributed by atoms with Crippen LogP contribution in [0.25, 0.3) is 0 Å².